The number of benzene rings is 1. The van der Waals surface area contributed by atoms with Gasteiger partial charge in [-0.15, -0.1) is 11.3 Å². The summed E-state index contributed by atoms with van der Waals surface area (Å²) >= 11 is 1.60. The van der Waals surface area contributed by atoms with E-state index in [0.29, 0.717) is 12.1 Å². The van der Waals surface area contributed by atoms with E-state index in [1.54, 1.807) is 17.5 Å². The zero-order valence-corrected chi connectivity index (χ0v) is 12.8. The summed E-state index contributed by atoms with van der Waals surface area (Å²) in [5.74, 6) is -0.0696. The summed E-state index contributed by atoms with van der Waals surface area (Å²) in [6.07, 6.45) is 1.80. The first kappa shape index (κ1) is 14.5. The summed E-state index contributed by atoms with van der Waals surface area (Å²) < 4.78 is 0. The van der Waals surface area contributed by atoms with Crippen LogP contribution in [0.15, 0.2) is 30.5 Å². The Balaban J connectivity index is 2.05. The van der Waals surface area contributed by atoms with Crippen LogP contribution < -0.4 is 10.6 Å². The molecule has 0 radical (unpaired) electrons. The van der Waals surface area contributed by atoms with Crippen molar-refractivity contribution in [1.29, 1.82) is 0 Å². The van der Waals surface area contributed by atoms with E-state index >= 15 is 0 Å². The van der Waals surface area contributed by atoms with Gasteiger partial charge in [0.25, 0.3) is 5.91 Å². The number of nitrogens with zero attached hydrogens (tertiary/aromatic N) is 1. The first-order valence-electron chi connectivity index (χ1n) is 6.61. The van der Waals surface area contributed by atoms with Crippen molar-refractivity contribution in [2.45, 2.75) is 33.4 Å². The number of thiazole rings is 1. The second-order valence-electron chi connectivity index (χ2n) is 4.87. The molecule has 20 heavy (non-hydrogen) atoms. The predicted molar refractivity (Wildman–Crippen MR) is 83.2 cm³/mol. The van der Waals surface area contributed by atoms with Crippen LogP contribution in [0.5, 0.6) is 0 Å². The lowest BCUT2D eigenvalue weighted by molar-refractivity contribution is 0.0952. The van der Waals surface area contributed by atoms with Gasteiger partial charge in [-0.05, 0) is 32.9 Å². The average Bonchev–Trinajstić information content (AvgIpc) is 2.82. The summed E-state index contributed by atoms with van der Waals surface area (Å²) in [6, 6.07) is 7.84. The Kier molecular flexibility index (Phi) is 4.74. The second kappa shape index (κ2) is 6.52. The maximum Gasteiger partial charge on any atom is 0.253 e. The van der Waals surface area contributed by atoms with E-state index in [2.05, 4.69) is 29.5 Å². The molecule has 0 aliphatic carbocycles. The quantitative estimate of drug-likeness (QED) is 0.888. The Morgan fingerprint density at radius 1 is 1.35 bits per heavy atom. The molecule has 0 unspecified atom stereocenters. The number of hydrogen-bond acceptors (Lipinski definition) is 4. The van der Waals surface area contributed by atoms with Gasteiger partial charge in [-0.3, -0.25) is 4.79 Å². The number of carbonyl (C=O) groups excluding carboxylic acids is 1. The van der Waals surface area contributed by atoms with Crippen LogP contribution in [-0.4, -0.2) is 16.9 Å². The van der Waals surface area contributed by atoms with Crippen molar-refractivity contribution in [2.75, 3.05) is 5.32 Å². The maximum atomic E-state index is 12.3. The standard InChI is InChI=1S/C15H19N3OS/c1-10(2)18-14-7-5-4-6-13(14)15(19)17-9-12-8-16-11(3)20-12/h4-8,10,18H,9H2,1-3H3,(H,17,19). The van der Waals surface area contributed by atoms with Crippen LogP contribution in [0.1, 0.15) is 34.1 Å². The molecule has 0 saturated heterocycles. The molecular formula is C15H19N3OS. The molecule has 1 aromatic carbocycles. The number of rotatable bonds is 5. The summed E-state index contributed by atoms with van der Waals surface area (Å²) in [5, 5.41) is 7.23. The Morgan fingerprint density at radius 2 is 2.10 bits per heavy atom. The number of nitrogens with one attached hydrogen (secondary N) is 2. The number of aryl methyl sites for hydroxylation is 1. The van der Waals surface area contributed by atoms with Crippen molar-refractivity contribution in [3.63, 3.8) is 0 Å². The van der Waals surface area contributed by atoms with Crippen molar-refractivity contribution in [3.05, 3.63) is 45.9 Å². The van der Waals surface area contributed by atoms with Crippen molar-refractivity contribution in [3.8, 4) is 0 Å². The van der Waals surface area contributed by atoms with E-state index in [1.807, 2.05) is 31.2 Å². The van der Waals surface area contributed by atoms with Crippen molar-refractivity contribution in [1.82, 2.24) is 10.3 Å². The third kappa shape index (κ3) is 3.81. The van der Waals surface area contributed by atoms with Crippen LogP contribution in [0.25, 0.3) is 0 Å². The van der Waals surface area contributed by atoms with Crippen molar-refractivity contribution < 1.29 is 4.79 Å². The van der Waals surface area contributed by atoms with Gasteiger partial charge in [-0.2, -0.15) is 0 Å². The first-order valence-corrected chi connectivity index (χ1v) is 7.43. The zero-order chi connectivity index (χ0) is 14.5. The molecule has 2 N–H and O–H groups in total. The fourth-order valence-electron chi connectivity index (χ4n) is 1.87. The Hall–Kier alpha value is -1.88. The van der Waals surface area contributed by atoms with Crippen LogP contribution in [0, 0.1) is 6.92 Å². The summed E-state index contributed by atoms with van der Waals surface area (Å²) in [7, 11) is 0. The first-order chi connectivity index (χ1) is 9.56. The maximum absolute atomic E-state index is 12.3. The SMILES string of the molecule is Cc1ncc(CNC(=O)c2ccccc2NC(C)C)s1. The highest BCUT2D eigenvalue weighted by Crippen LogP contribution is 2.17. The molecule has 2 rings (SSSR count). The highest BCUT2D eigenvalue weighted by atomic mass is 32.1. The van der Waals surface area contributed by atoms with Gasteiger partial charge in [0.2, 0.25) is 0 Å². The normalized spacial score (nSPS) is 10.6. The number of aromatic nitrogens is 1. The van der Waals surface area contributed by atoms with Crippen LogP contribution in [-0.2, 0) is 6.54 Å². The van der Waals surface area contributed by atoms with Crippen LogP contribution in [0.3, 0.4) is 0 Å². The Bertz CT molecular complexity index is 592. The minimum atomic E-state index is -0.0696. The van der Waals surface area contributed by atoms with E-state index in [0.717, 1.165) is 15.6 Å². The summed E-state index contributed by atoms with van der Waals surface area (Å²) in [4.78, 5) is 17.5. The van der Waals surface area contributed by atoms with Gasteiger partial charge >= 0.3 is 0 Å². The van der Waals surface area contributed by atoms with Crippen LogP contribution in [0.4, 0.5) is 5.69 Å². The molecule has 0 aliphatic rings. The molecule has 4 nitrogen and oxygen atoms in total. The number of hydrogen-bond donors (Lipinski definition) is 2. The summed E-state index contributed by atoms with van der Waals surface area (Å²) in [5.41, 5.74) is 1.53. The zero-order valence-electron chi connectivity index (χ0n) is 11.9. The molecule has 2 aromatic rings. The molecule has 1 heterocycles. The van der Waals surface area contributed by atoms with Gasteiger partial charge in [0.15, 0.2) is 0 Å². The summed E-state index contributed by atoms with van der Waals surface area (Å²) in [6.45, 7) is 6.57. The van der Waals surface area contributed by atoms with Gasteiger partial charge < -0.3 is 10.6 Å². The molecule has 5 heteroatoms. The number of amides is 1. The Labute approximate surface area is 123 Å². The number of carbonyl (C=O) groups is 1. The number of anilines is 1. The molecule has 0 aliphatic heterocycles. The monoisotopic (exact) mass is 289 g/mol. The number of para-hydroxylation sites is 1. The smallest absolute Gasteiger partial charge is 0.253 e. The lowest BCUT2D eigenvalue weighted by atomic mass is 10.1. The highest BCUT2D eigenvalue weighted by molar-refractivity contribution is 7.11. The van der Waals surface area contributed by atoms with Crippen molar-refractivity contribution >= 4 is 22.9 Å². The van der Waals surface area contributed by atoms with E-state index in [9.17, 15) is 4.79 Å². The molecule has 106 valence electrons. The molecule has 0 atom stereocenters. The van der Waals surface area contributed by atoms with E-state index < -0.39 is 0 Å². The third-order valence-electron chi connectivity index (χ3n) is 2.71. The Morgan fingerprint density at radius 3 is 2.75 bits per heavy atom. The van der Waals surface area contributed by atoms with Gasteiger partial charge in [0, 0.05) is 22.8 Å². The fourth-order valence-corrected chi connectivity index (χ4v) is 2.60. The lowest BCUT2D eigenvalue weighted by Crippen LogP contribution is -2.24. The third-order valence-corrected chi connectivity index (χ3v) is 3.62. The van der Waals surface area contributed by atoms with Gasteiger partial charge in [0.05, 0.1) is 17.1 Å². The molecule has 1 aromatic heterocycles. The minimum Gasteiger partial charge on any atom is -0.382 e. The molecule has 0 spiro atoms. The largest absolute Gasteiger partial charge is 0.382 e. The highest BCUT2D eigenvalue weighted by Gasteiger charge is 2.11. The molecule has 0 saturated carbocycles. The average molecular weight is 289 g/mol. The molecular weight excluding hydrogens is 270 g/mol. The predicted octanol–water partition coefficient (Wildman–Crippen LogP) is 3.20. The minimum absolute atomic E-state index is 0.0696. The van der Waals surface area contributed by atoms with Crippen LogP contribution >= 0.6 is 11.3 Å². The molecule has 1 amide bonds. The van der Waals surface area contributed by atoms with Crippen LogP contribution in [0.2, 0.25) is 0 Å². The van der Waals surface area contributed by atoms with Gasteiger partial charge in [-0.1, -0.05) is 12.1 Å². The second-order valence-corrected chi connectivity index (χ2v) is 6.19. The van der Waals surface area contributed by atoms with E-state index in [-0.39, 0.29) is 11.9 Å². The molecule has 0 bridgehead atoms. The van der Waals surface area contributed by atoms with Gasteiger partial charge in [0.1, 0.15) is 0 Å². The lowest BCUT2D eigenvalue weighted by Gasteiger charge is -2.14. The van der Waals surface area contributed by atoms with Crippen molar-refractivity contribution in [2.24, 2.45) is 0 Å². The molecule has 0 fully saturated rings. The van der Waals surface area contributed by atoms with E-state index in [1.165, 1.54) is 0 Å². The topological polar surface area (TPSA) is 54.0 Å². The fraction of sp³-hybridized carbons (Fsp3) is 0.333. The van der Waals surface area contributed by atoms with E-state index in [4.69, 9.17) is 0 Å². The van der Waals surface area contributed by atoms with Gasteiger partial charge in [-0.25, -0.2) is 4.98 Å².